The molecule has 2 aliphatic rings. The molecule has 6 heteroatoms. The average molecular weight is 516 g/mol. The van der Waals surface area contributed by atoms with E-state index in [9.17, 15) is 5.11 Å². The first-order chi connectivity index (χ1) is 19.8. The van der Waals surface area contributed by atoms with E-state index in [0.29, 0.717) is 11.3 Å². The summed E-state index contributed by atoms with van der Waals surface area (Å²) >= 11 is 0. The number of phenolic OH excluding ortho intramolecular Hbond substituents is 1. The summed E-state index contributed by atoms with van der Waals surface area (Å²) < 4.78 is 13.3. The summed E-state index contributed by atoms with van der Waals surface area (Å²) in [7, 11) is 0. The lowest BCUT2D eigenvalue weighted by atomic mass is 9.34. The van der Waals surface area contributed by atoms with Crippen molar-refractivity contribution in [1.82, 2.24) is 9.97 Å². The van der Waals surface area contributed by atoms with Gasteiger partial charge in [0.2, 0.25) is 0 Å². The molecule has 4 aromatic carbocycles. The molecule has 40 heavy (non-hydrogen) atoms. The molecule has 4 heterocycles. The summed E-state index contributed by atoms with van der Waals surface area (Å²) in [6.07, 6.45) is 1.79. The Balaban J connectivity index is 1.44. The van der Waals surface area contributed by atoms with Crippen LogP contribution in [0.4, 0.5) is 0 Å². The van der Waals surface area contributed by atoms with Crippen molar-refractivity contribution in [2.75, 3.05) is 0 Å². The summed E-state index contributed by atoms with van der Waals surface area (Å²) in [6.45, 7) is -0.0799. The maximum Gasteiger partial charge on any atom is 0.260 e. The Labute approximate surface area is 231 Å². The molecule has 0 saturated heterocycles. The number of aromatic nitrogens is 2. The van der Waals surface area contributed by atoms with E-state index in [4.69, 9.17) is 19.4 Å². The SMILES string of the molecule is Oc1ccccc1-c1cccc(-c2cc(-c3ccccn3)c3c4c2Oc2ccccc2B4c2ccccc2O3)n1. The van der Waals surface area contributed by atoms with Crippen LogP contribution in [0.25, 0.3) is 33.8 Å². The third-order valence-corrected chi connectivity index (χ3v) is 7.59. The highest BCUT2D eigenvalue weighted by Gasteiger charge is 2.42. The molecule has 0 aliphatic carbocycles. The second kappa shape index (κ2) is 8.85. The molecule has 0 radical (unpaired) electrons. The second-order valence-corrected chi connectivity index (χ2v) is 9.90. The Bertz CT molecular complexity index is 1930. The zero-order valence-electron chi connectivity index (χ0n) is 21.3. The van der Waals surface area contributed by atoms with Crippen molar-refractivity contribution >= 4 is 23.1 Å². The van der Waals surface area contributed by atoms with Crippen LogP contribution in [0.15, 0.2) is 121 Å². The van der Waals surface area contributed by atoms with Crippen molar-refractivity contribution in [1.29, 1.82) is 0 Å². The normalized spacial score (nSPS) is 12.4. The molecule has 0 spiro atoms. The number of hydrogen-bond acceptors (Lipinski definition) is 5. The Morgan fingerprint density at radius 2 is 1.12 bits per heavy atom. The minimum atomic E-state index is -0.0799. The molecule has 0 fully saturated rings. The van der Waals surface area contributed by atoms with Crippen LogP contribution in [0.1, 0.15) is 0 Å². The van der Waals surface area contributed by atoms with Crippen LogP contribution in [-0.2, 0) is 0 Å². The van der Waals surface area contributed by atoms with Gasteiger partial charge in [0.05, 0.1) is 17.1 Å². The van der Waals surface area contributed by atoms with Gasteiger partial charge in [-0.25, -0.2) is 4.98 Å². The van der Waals surface area contributed by atoms with Crippen molar-refractivity contribution in [2.24, 2.45) is 0 Å². The molecule has 6 aromatic rings. The number of fused-ring (bicyclic) bond motifs is 4. The van der Waals surface area contributed by atoms with Crippen LogP contribution >= 0.6 is 0 Å². The number of phenols is 1. The fourth-order valence-electron chi connectivity index (χ4n) is 5.80. The standard InChI is InChI=1S/C34H21BN2O3/c38-29-16-4-1-10-21(29)27-14-9-15-28(37-27)23-20-22(26-13-7-8-19-36-26)33-32-34(23)40-31-18-6-3-12-25(31)35(32)24-11-2-5-17-30(24)39-33/h1-20,38H. The van der Waals surface area contributed by atoms with E-state index in [0.717, 1.165) is 61.9 Å². The Morgan fingerprint density at radius 1 is 0.550 bits per heavy atom. The van der Waals surface area contributed by atoms with Crippen molar-refractivity contribution in [2.45, 2.75) is 0 Å². The van der Waals surface area contributed by atoms with E-state index >= 15 is 0 Å². The Morgan fingerprint density at radius 3 is 1.80 bits per heavy atom. The van der Waals surface area contributed by atoms with E-state index in [1.165, 1.54) is 0 Å². The molecule has 8 rings (SSSR count). The Kier molecular flexibility index (Phi) is 5.00. The number of pyridine rings is 2. The lowest BCUT2D eigenvalue weighted by Crippen LogP contribution is -2.57. The summed E-state index contributed by atoms with van der Waals surface area (Å²) in [4.78, 5) is 9.71. The summed E-state index contributed by atoms with van der Waals surface area (Å²) in [6, 6.07) is 37.4. The van der Waals surface area contributed by atoms with Gasteiger partial charge in [0.15, 0.2) is 0 Å². The first-order valence-corrected chi connectivity index (χ1v) is 13.2. The maximum atomic E-state index is 10.5. The molecule has 0 amide bonds. The molecule has 188 valence electrons. The number of nitrogens with zero attached hydrogens (tertiary/aromatic N) is 2. The minimum absolute atomic E-state index is 0.0799. The molecule has 1 N–H and O–H groups in total. The van der Waals surface area contributed by atoms with E-state index in [1.807, 2.05) is 84.9 Å². The van der Waals surface area contributed by atoms with Crippen LogP contribution in [-0.4, -0.2) is 21.8 Å². The smallest absolute Gasteiger partial charge is 0.260 e. The van der Waals surface area contributed by atoms with Crippen LogP contribution in [0.3, 0.4) is 0 Å². The first kappa shape index (κ1) is 22.6. The third kappa shape index (κ3) is 3.43. The molecule has 2 aromatic heterocycles. The largest absolute Gasteiger partial charge is 0.507 e. The number of rotatable bonds is 3. The highest BCUT2D eigenvalue weighted by atomic mass is 16.5. The van der Waals surface area contributed by atoms with Crippen molar-refractivity contribution in [3.05, 3.63) is 121 Å². The Hall–Kier alpha value is -5.36. The van der Waals surface area contributed by atoms with Crippen molar-refractivity contribution in [3.63, 3.8) is 0 Å². The highest BCUT2D eigenvalue weighted by Crippen LogP contribution is 2.45. The van der Waals surface area contributed by atoms with Gasteiger partial charge in [-0.15, -0.1) is 0 Å². The van der Waals surface area contributed by atoms with E-state index in [-0.39, 0.29) is 12.5 Å². The lowest BCUT2D eigenvalue weighted by molar-refractivity contribution is 0.466. The van der Waals surface area contributed by atoms with Gasteiger partial charge in [-0.1, -0.05) is 60.7 Å². The van der Waals surface area contributed by atoms with Gasteiger partial charge >= 0.3 is 0 Å². The molecule has 0 saturated carbocycles. The van der Waals surface area contributed by atoms with Gasteiger partial charge in [-0.3, -0.25) is 4.98 Å². The van der Waals surface area contributed by atoms with Gasteiger partial charge in [0.1, 0.15) is 28.7 Å². The van der Waals surface area contributed by atoms with Crippen molar-refractivity contribution in [3.8, 4) is 62.5 Å². The van der Waals surface area contributed by atoms with Gasteiger partial charge in [-0.2, -0.15) is 0 Å². The molecular weight excluding hydrogens is 495 g/mol. The van der Waals surface area contributed by atoms with E-state index in [1.54, 1.807) is 18.3 Å². The van der Waals surface area contributed by atoms with Gasteiger partial charge in [0, 0.05) is 28.4 Å². The van der Waals surface area contributed by atoms with Crippen LogP contribution in [0, 0.1) is 0 Å². The number of benzene rings is 4. The average Bonchev–Trinajstić information content (AvgIpc) is 3.01. The summed E-state index contributed by atoms with van der Waals surface area (Å²) in [5, 5.41) is 10.5. The van der Waals surface area contributed by atoms with Gasteiger partial charge in [-0.05, 0) is 65.5 Å². The topological polar surface area (TPSA) is 64.5 Å². The van der Waals surface area contributed by atoms with E-state index < -0.39 is 0 Å². The number of aromatic hydroxyl groups is 1. The quantitative estimate of drug-likeness (QED) is 0.296. The number of hydrogen-bond donors (Lipinski definition) is 1. The zero-order chi connectivity index (χ0) is 26.6. The molecule has 0 atom stereocenters. The number of para-hydroxylation sites is 3. The van der Waals surface area contributed by atoms with Crippen molar-refractivity contribution < 1.29 is 14.6 Å². The van der Waals surface area contributed by atoms with Gasteiger partial charge < -0.3 is 14.6 Å². The molecule has 2 aliphatic heterocycles. The zero-order valence-corrected chi connectivity index (χ0v) is 21.3. The van der Waals surface area contributed by atoms with Crippen LogP contribution < -0.4 is 25.9 Å². The number of ether oxygens (including phenoxy) is 2. The van der Waals surface area contributed by atoms with Crippen LogP contribution in [0.2, 0.25) is 0 Å². The first-order valence-electron chi connectivity index (χ1n) is 13.2. The summed E-state index contributed by atoms with van der Waals surface area (Å²) in [5.74, 6) is 3.28. The third-order valence-electron chi connectivity index (χ3n) is 7.59. The minimum Gasteiger partial charge on any atom is -0.507 e. The lowest BCUT2D eigenvalue weighted by Gasteiger charge is -2.35. The highest BCUT2D eigenvalue weighted by molar-refractivity contribution is 6.98. The molecule has 0 unspecified atom stereocenters. The molecule has 5 nitrogen and oxygen atoms in total. The maximum absolute atomic E-state index is 10.5. The van der Waals surface area contributed by atoms with Crippen LogP contribution in [0.5, 0.6) is 28.7 Å². The fourth-order valence-corrected chi connectivity index (χ4v) is 5.80. The summed E-state index contributed by atoms with van der Waals surface area (Å²) in [5.41, 5.74) is 7.72. The van der Waals surface area contributed by atoms with E-state index in [2.05, 4.69) is 18.2 Å². The van der Waals surface area contributed by atoms with Gasteiger partial charge in [0.25, 0.3) is 6.71 Å². The fraction of sp³-hybridized carbons (Fsp3) is 0. The second-order valence-electron chi connectivity index (χ2n) is 9.90. The predicted octanol–water partition coefficient (Wildman–Crippen LogP) is 5.91. The molecular formula is C34H21BN2O3. The molecule has 0 bridgehead atoms. The predicted molar refractivity (Wildman–Crippen MR) is 158 cm³/mol. The monoisotopic (exact) mass is 516 g/mol.